The minimum atomic E-state index is -0.315. The molecule has 1 aliphatic heterocycles. The summed E-state index contributed by atoms with van der Waals surface area (Å²) >= 11 is 0. The second-order valence-corrected chi connectivity index (χ2v) is 4.49. The van der Waals surface area contributed by atoms with Crippen molar-refractivity contribution in [2.45, 2.75) is 13.8 Å². The van der Waals surface area contributed by atoms with Gasteiger partial charge in [-0.25, -0.2) is 9.78 Å². The lowest BCUT2D eigenvalue weighted by molar-refractivity contribution is 0.0598. The zero-order chi connectivity index (χ0) is 13.1. The van der Waals surface area contributed by atoms with Gasteiger partial charge in [0.1, 0.15) is 5.82 Å². The smallest absolute Gasteiger partial charge is 0.339 e. The van der Waals surface area contributed by atoms with Gasteiger partial charge in [-0.15, -0.1) is 0 Å². The van der Waals surface area contributed by atoms with Gasteiger partial charge in [0, 0.05) is 26.2 Å². The van der Waals surface area contributed by atoms with Gasteiger partial charge in [-0.2, -0.15) is 0 Å². The van der Waals surface area contributed by atoms with Crippen LogP contribution in [0.1, 0.15) is 21.6 Å². The number of piperazine rings is 1. The first-order valence-corrected chi connectivity index (χ1v) is 6.15. The highest BCUT2D eigenvalue weighted by Crippen LogP contribution is 2.20. The van der Waals surface area contributed by atoms with Crippen LogP contribution in [-0.2, 0) is 4.74 Å². The van der Waals surface area contributed by atoms with Crippen LogP contribution in [0.5, 0.6) is 0 Å². The van der Waals surface area contributed by atoms with Crippen LogP contribution in [0.2, 0.25) is 0 Å². The molecule has 0 spiro atoms. The molecule has 1 aliphatic rings. The Bertz CT molecular complexity index is 431. The number of nitrogens with zero attached hydrogens (tertiary/aromatic N) is 2. The molecule has 2 heterocycles. The number of aromatic nitrogens is 1. The van der Waals surface area contributed by atoms with E-state index in [0.717, 1.165) is 43.3 Å². The highest BCUT2D eigenvalue weighted by Gasteiger charge is 2.18. The van der Waals surface area contributed by atoms with Crippen LogP contribution in [0.4, 0.5) is 5.82 Å². The molecule has 5 heteroatoms. The zero-order valence-corrected chi connectivity index (χ0v) is 11.1. The molecule has 1 aromatic rings. The van der Waals surface area contributed by atoms with Gasteiger partial charge < -0.3 is 15.0 Å². The van der Waals surface area contributed by atoms with E-state index in [1.54, 1.807) is 0 Å². The number of carbonyl (C=O) groups excluding carboxylic acids is 1. The Morgan fingerprint density at radius 1 is 1.39 bits per heavy atom. The fourth-order valence-electron chi connectivity index (χ4n) is 2.28. The fourth-order valence-corrected chi connectivity index (χ4v) is 2.28. The number of pyridine rings is 1. The lowest BCUT2D eigenvalue weighted by Crippen LogP contribution is -2.44. The van der Waals surface area contributed by atoms with E-state index in [1.807, 2.05) is 19.9 Å². The number of rotatable bonds is 2. The molecule has 1 saturated heterocycles. The van der Waals surface area contributed by atoms with Crippen LogP contribution >= 0.6 is 0 Å². The first-order valence-electron chi connectivity index (χ1n) is 6.15. The molecule has 0 aliphatic carbocycles. The standard InChI is InChI=1S/C13H19N3O2/c1-9-8-11(16-6-4-14-5-7-16)15-10(2)12(9)13(17)18-3/h8,14H,4-7H2,1-3H3. The number of esters is 1. The quantitative estimate of drug-likeness (QED) is 0.789. The summed E-state index contributed by atoms with van der Waals surface area (Å²) in [6, 6.07) is 1.96. The number of hydrogen-bond acceptors (Lipinski definition) is 5. The molecule has 0 atom stereocenters. The summed E-state index contributed by atoms with van der Waals surface area (Å²) < 4.78 is 4.78. The molecule has 0 saturated carbocycles. The third-order valence-corrected chi connectivity index (χ3v) is 3.21. The molecule has 0 radical (unpaired) electrons. The monoisotopic (exact) mass is 249 g/mol. The molecule has 0 aromatic carbocycles. The minimum Gasteiger partial charge on any atom is -0.465 e. The topological polar surface area (TPSA) is 54.5 Å². The summed E-state index contributed by atoms with van der Waals surface area (Å²) in [6.07, 6.45) is 0. The number of nitrogens with one attached hydrogen (secondary N) is 1. The van der Waals surface area contributed by atoms with E-state index in [2.05, 4.69) is 15.2 Å². The van der Waals surface area contributed by atoms with Gasteiger partial charge in [0.2, 0.25) is 0 Å². The van der Waals surface area contributed by atoms with Gasteiger partial charge >= 0.3 is 5.97 Å². The lowest BCUT2D eigenvalue weighted by Gasteiger charge is -2.29. The molecule has 1 aromatic heterocycles. The van der Waals surface area contributed by atoms with Crippen molar-refractivity contribution in [3.8, 4) is 0 Å². The molecule has 0 amide bonds. The summed E-state index contributed by atoms with van der Waals surface area (Å²) in [7, 11) is 1.39. The van der Waals surface area contributed by atoms with Crippen LogP contribution < -0.4 is 10.2 Å². The van der Waals surface area contributed by atoms with E-state index in [-0.39, 0.29) is 5.97 Å². The van der Waals surface area contributed by atoms with Gasteiger partial charge in [-0.1, -0.05) is 0 Å². The third-order valence-electron chi connectivity index (χ3n) is 3.21. The van der Waals surface area contributed by atoms with Crippen LogP contribution in [0.25, 0.3) is 0 Å². The van der Waals surface area contributed by atoms with Crippen molar-refractivity contribution in [3.05, 3.63) is 22.9 Å². The number of methoxy groups -OCH3 is 1. The summed E-state index contributed by atoms with van der Waals surface area (Å²) in [5.74, 6) is 0.628. The van der Waals surface area contributed by atoms with Crippen molar-refractivity contribution in [2.75, 3.05) is 38.2 Å². The van der Waals surface area contributed by atoms with Crippen LogP contribution in [0, 0.1) is 13.8 Å². The number of aryl methyl sites for hydroxylation is 2. The number of carbonyl (C=O) groups is 1. The highest BCUT2D eigenvalue weighted by atomic mass is 16.5. The highest BCUT2D eigenvalue weighted by molar-refractivity contribution is 5.92. The number of anilines is 1. The Morgan fingerprint density at radius 2 is 2.06 bits per heavy atom. The third kappa shape index (κ3) is 2.46. The molecule has 2 rings (SSSR count). The zero-order valence-electron chi connectivity index (χ0n) is 11.1. The molecule has 98 valence electrons. The first kappa shape index (κ1) is 12.8. The molecule has 0 bridgehead atoms. The summed E-state index contributed by atoms with van der Waals surface area (Å²) in [5, 5.41) is 3.31. The Kier molecular flexibility index (Phi) is 3.81. The largest absolute Gasteiger partial charge is 0.465 e. The maximum atomic E-state index is 11.7. The van der Waals surface area contributed by atoms with Gasteiger partial charge in [-0.3, -0.25) is 0 Å². The second-order valence-electron chi connectivity index (χ2n) is 4.49. The maximum absolute atomic E-state index is 11.7. The van der Waals surface area contributed by atoms with Crippen LogP contribution in [0.3, 0.4) is 0 Å². The van der Waals surface area contributed by atoms with Crippen molar-refractivity contribution < 1.29 is 9.53 Å². The molecule has 5 nitrogen and oxygen atoms in total. The van der Waals surface area contributed by atoms with Gasteiger partial charge in [0.15, 0.2) is 0 Å². The Morgan fingerprint density at radius 3 is 2.61 bits per heavy atom. The first-order chi connectivity index (χ1) is 8.63. The number of hydrogen-bond donors (Lipinski definition) is 1. The Labute approximate surface area is 107 Å². The van der Waals surface area contributed by atoms with Gasteiger partial charge in [0.05, 0.1) is 18.4 Å². The fraction of sp³-hybridized carbons (Fsp3) is 0.538. The molecule has 1 N–H and O–H groups in total. The molecule has 1 fully saturated rings. The van der Waals surface area contributed by atoms with Gasteiger partial charge in [-0.05, 0) is 25.5 Å². The predicted molar refractivity (Wildman–Crippen MR) is 70.1 cm³/mol. The Balaban J connectivity index is 2.32. The predicted octanol–water partition coefficient (Wildman–Crippen LogP) is 0.895. The summed E-state index contributed by atoms with van der Waals surface area (Å²) in [4.78, 5) is 18.4. The normalized spacial score (nSPS) is 15.6. The van der Waals surface area contributed by atoms with Crippen molar-refractivity contribution in [3.63, 3.8) is 0 Å². The van der Waals surface area contributed by atoms with E-state index in [9.17, 15) is 4.79 Å². The van der Waals surface area contributed by atoms with E-state index < -0.39 is 0 Å². The second kappa shape index (κ2) is 5.35. The maximum Gasteiger partial charge on any atom is 0.339 e. The minimum absolute atomic E-state index is 0.315. The molecule has 18 heavy (non-hydrogen) atoms. The van der Waals surface area contributed by atoms with E-state index in [0.29, 0.717) is 5.56 Å². The van der Waals surface area contributed by atoms with E-state index in [1.165, 1.54) is 7.11 Å². The molecular formula is C13H19N3O2. The number of ether oxygens (including phenoxy) is 1. The van der Waals surface area contributed by atoms with Crippen molar-refractivity contribution >= 4 is 11.8 Å². The van der Waals surface area contributed by atoms with E-state index >= 15 is 0 Å². The Hall–Kier alpha value is -1.62. The van der Waals surface area contributed by atoms with E-state index in [4.69, 9.17) is 4.74 Å². The average molecular weight is 249 g/mol. The van der Waals surface area contributed by atoms with Crippen LogP contribution in [0.15, 0.2) is 6.07 Å². The SMILES string of the molecule is COC(=O)c1c(C)cc(N2CCNCC2)nc1C. The van der Waals surface area contributed by atoms with Crippen molar-refractivity contribution in [1.29, 1.82) is 0 Å². The summed E-state index contributed by atoms with van der Waals surface area (Å²) in [6.45, 7) is 7.61. The lowest BCUT2D eigenvalue weighted by atomic mass is 10.1. The van der Waals surface area contributed by atoms with Crippen molar-refractivity contribution in [1.82, 2.24) is 10.3 Å². The van der Waals surface area contributed by atoms with Gasteiger partial charge in [0.25, 0.3) is 0 Å². The van der Waals surface area contributed by atoms with Crippen LogP contribution in [-0.4, -0.2) is 44.2 Å². The van der Waals surface area contributed by atoms with Crippen molar-refractivity contribution in [2.24, 2.45) is 0 Å². The molecular weight excluding hydrogens is 230 g/mol. The molecule has 0 unspecified atom stereocenters. The summed E-state index contributed by atoms with van der Waals surface area (Å²) in [5.41, 5.74) is 2.23. The average Bonchev–Trinajstić information content (AvgIpc) is 2.38.